The molecule has 0 saturated heterocycles. The van der Waals surface area contributed by atoms with Gasteiger partial charge in [0.25, 0.3) is 0 Å². The van der Waals surface area contributed by atoms with Crippen LogP contribution in [-0.2, 0) is 0 Å². The van der Waals surface area contributed by atoms with Crippen molar-refractivity contribution in [3.05, 3.63) is 191 Å². The molecule has 0 spiro atoms. The van der Waals surface area contributed by atoms with Gasteiger partial charge in [0.05, 0.1) is 16.1 Å². The number of hydrogen-bond acceptors (Lipinski definition) is 2. The van der Waals surface area contributed by atoms with E-state index in [1.807, 2.05) is 0 Å². The molecule has 2 nitrogen and oxygen atoms in total. The summed E-state index contributed by atoms with van der Waals surface area (Å²) in [6, 6.07) is 40.4. The van der Waals surface area contributed by atoms with Crippen LogP contribution in [0.25, 0.3) is 0 Å². The van der Waals surface area contributed by atoms with E-state index >= 15 is 0 Å². The summed E-state index contributed by atoms with van der Waals surface area (Å²) in [5.74, 6) is 0.462. The van der Waals surface area contributed by atoms with E-state index < -0.39 is 16.1 Å². The van der Waals surface area contributed by atoms with Gasteiger partial charge in [-0.1, -0.05) is 147 Å². The standard InChI is InChI=1S/C46H46N2Si2/c1-49(2,3)39-25-21-37(22-26-39)47(35-13-9-7-10-14-35)43-31-19-33-18-30-42-44(32-20-34-17-29-41(43)45(33)46(34)42)48(36-15-11-8-12-16-36)38-23-27-40(28-24-38)50(4,5)6/h7-32,45-46H,1-6H3. The van der Waals surface area contributed by atoms with Gasteiger partial charge in [-0.05, 0) is 83.0 Å². The lowest BCUT2D eigenvalue weighted by atomic mass is 9.63. The zero-order valence-electron chi connectivity index (χ0n) is 30.1. The number of hydrogen-bond donors (Lipinski definition) is 0. The van der Waals surface area contributed by atoms with E-state index in [9.17, 15) is 0 Å². The van der Waals surface area contributed by atoms with Crippen LogP contribution in [-0.4, -0.2) is 16.1 Å². The molecule has 248 valence electrons. The van der Waals surface area contributed by atoms with Crippen molar-refractivity contribution in [3.8, 4) is 0 Å². The molecule has 0 fully saturated rings. The van der Waals surface area contributed by atoms with Crippen LogP contribution in [0.3, 0.4) is 0 Å². The maximum absolute atomic E-state index is 2.46. The zero-order chi connectivity index (χ0) is 34.6. The second-order valence-corrected chi connectivity index (χ2v) is 26.1. The van der Waals surface area contributed by atoms with Gasteiger partial charge >= 0.3 is 0 Å². The Hall–Kier alpha value is -4.91. The van der Waals surface area contributed by atoms with Crippen molar-refractivity contribution in [2.24, 2.45) is 11.8 Å². The SMILES string of the molecule is C[Si](C)(C)c1ccc(N(C2=CC=C3C=CC4=C(N(c5ccccc5)c5ccc([Si](C)(C)C)cc5)C=CC5=CC=C2C3C54)c2ccccc2)cc1. The summed E-state index contributed by atoms with van der Waals surface area (Å²) in [5.41, 5.74) is 12.7. The van der Waals surface area contributed by atoms with Gasteiger partial charge < -0.3 is 9.80 Å². The molecule has 2 unspecified atom stereocenters. The molecule has 2 atom stereocenters. The Morgan fingerprint density at radius 1 is 0.420 bits per heavy atom. The molecule has 0 radical (unpaired) electrons. The van der Waals surface area contributed by atoms with E-state index in [-0.39, 0.29) is 11.8 Å². The number of allylic oxidation sites excluding steroid dienone is 12. The summed E-state index contributed by atoms with van der Waals surface area (Å²) in [7, 11) is -2.85. The van der Waals surface area contributed by atoms with Crippen molar-refractivity contribution in [3.63, 3.8) is 0 Å². The lowest BCUT2D eigenvalue weighted by Gasteiger charge is -2.45. The first-order valence-corrected chi connectivity index (χ1v) is 24.9. The van der Waals surface area contributed by atoms with Crippen molar-refractivity contribution in [1.82, 2.24) is 0 Å². The van der Waals surface area contributed by atoms with E-state index in [2.05, 4.69) is 207 Å². The quantitative estimate of drug-likeness (QED) is 0.171. The van der Waals surface area contributed by atoms with E-state index in [0.29, 0.717) is 0 Å². The highest BCUT2D eigenvalue weighted by Crippen LogP contribution is 2.53. The third kappa shape index (κ3) is 5.76. The molecular weight excluding hydrogens is 637 g/mol. The number of anilines is 4. The Labute approximate surface area is 300 Å². The predicted octanol–water partition coefficient (Wildman–Crippen LogP) is 11.1. The predicted molar refractivity (Wildman–Crippen MR) is 221 cm³/mol. The fourth-order valence-corrected chi connectivity index (χ4v) is 10.2. The Balaban J connectivity index is 1.24. The molecule has 0 bridgehead atoms. The lowest BCUT2D eigenvalue weighted by Crippen LogP contribution is -2.38. The fourth-order valence-electron chi connectivity index (χ4n) is 7.88. The lowest BCUT2D eigenvalue weighted by molar-refractivity contribution is 0.551. The average Bonchev–Trinajstić information content (AvgIpc) is 3.12. The van der Waals surface area contributed by atoms with Crippen molar-refractivity contribution in [1.29, 1.82) is 0 Å². The van der Waals surface area contributed by atoms with E-state index in [4.69, 9.17) is 0 Å². The average molecular weight is 683 g/mol. The largest absolute Gasteiger partial charge is 0.310 e. The van der Waals surface area contributed by atoms with Gasteiger partial charge in [-0.15, -0.1) is 0 Å². The van der Waals surface area contributed by atoms with Gasteiger partial charge in [0.1, 0.15) is 0 Å². The minimum Gasteiger partial charge on any atom is -0.310 e. The Kier molecular flexibility index (Phi) is 8.05. The summed E-state index contributed by atoms with van der Waals surface area (Å²) in [6.45, 7) is 14.5. The molecule has 4 aromatic rings. The molecule has 8 rings (SSSR count). The number of benzene rings is 4. The summed E-state index contributed by atoms with van der Waals surface area (Å²) >= 11 is 0. The summed E-state index contributed by atoms with van der Waals surface area (Å²) in [6.07, 6.45) is 18.9. The molecule has 0 aromatic heterocycles. The topological polar surface area (TPSA) is 6.48 Å². The van der Waals surface area contributed by atoms with Gasteiger partial charge in [0, 0.05) is 46.0 Å². The van der Waals surface area contributed by atoms with Crippen molar-refractivity contribution in [2.45, 2.75) is 39.3 Å². The van der Waals surface area contributed by atoms with Crippen LogP contribution < -0.4 is 20.2 Å². The minimum absolute atomic E-state index is 0.231. The first-order chi connectivity index (χ1) is 24.1. The summed E-state index contributed by atoms with van der Waals surface area (Å²) in [5, 5.41) is 2.95. The Morgan fingerprint density at radius 3 is 1.44 bits per heavy atom. The van der Waals surface area contributed by atoms with E-state index in [0.717, 1.165) is 0 Å². The molecule has 4 aromatic carbocycles. The molecule has 0 aliphatic heterocycles. The van der Waals surface area contributed by atoms with Crippen molar-refractivity contribution >= 4 is 49.3 Å². The Morgan fingerprint density at radius 2 is 0.880 bits per heavy atom. The molecule has 0 N–H and O–H groups in total. The van der Waals surface area contributed by atoms with Crippen LogP contribution in [0.4, 0.5) is 22.7 Å². The maximum atomic E-state index is 2.46. The maximum Gasteiger partial charge on any atom is 0.0775 e. The highest BCUT2D eigenvalue weighted by molar-refractivity contribution is 6.89. The van der Waals surface area contributed by atoms with Crippen LogP contribution >= 0.6 is 0 Å². The molecule has 4 aliphatic carbocycles. The summed E-state index contributed by atoms with van der Waals surface area (Å²) in [4.78, 5) is 4.92. The molecular formula is C46H46N2Si2. The number of rotatable bonds is 8. The summed E-state index contributed by atoms with van der Waals surface area (Å²) < 4.78 is 0. The second kappa shape index (κ2) is 12.5. The monoisotopic (exact) mass is 682 g/mol. The van der Waals surface area contributed by atoms with Gasteiger partial charge in [0.15, 0.2) is 0 Å². The molecule has 0 amide bonds. The minimum atomic E-state index is -1.43. The van der Waals surface area contributed by atoms with Gasteiger partial charge in [-0.25, -0.2) is 0 Å². The highest BCUT2D eigenvalue weighted by Gasteiger charge is 2.42. The smallest absolute Gasteiger partial charge is 0.0775 e. The van der Waals surface area contributed by atoms with Crippen LogP contribution in [0.15, 0.2) is 191 Å². The Bertz CT molecular complexity index is 2150. The second-order valence-electron chi connectivity index (χ2n) is 15.9. The van der Waals surface area contributed by atoms with Crippen LogP contribution in [0, 0.1) is 11.8 Å². The van der Waals surface area contributed by atoms with Crippen LogP contribution in [0.2, 0.25) is 39.3 Å². The van der Waals surface area contributed by atoms with E-state index in [1.54, 1.807) is 0 Å². The van der Waals surface area contributed by atoms with Gasteiger partial charge in [-0.3, -0.25) is 0 Å². The number of para-hydroxylation sites is 2. The van der Waals surface area contributed by atoms with Crippen molar-refractivity contribution < 1.29 is 0 Å². The highest BCUT2D eigenvalue weighted by atomic mass is 28.3. The first kappa shape index (κ1) is 32.3. The van der Waals surface area contributed by atoms with Gasteiger partial charge in [0.2, 0.25) is 0 Å². The fraction of sp³-hybridized carbons (Fsp3) is 0.174. The normalized spacial score (nSPS) is 19.2. The molecule has 50 heavy (non-hydrogen) atoms. The third-order valence-electron chi connectivity index (χ3n) is 10.6. The third-order valence-corrected chi connectivity index (χ3v) is 14.7. The number of nitrogens with zero attached hydrogens (tertiary/aromatic N) is 2. The van der Waals surface area contributed by atoms with Crippen LogP contribution in [0.5, 0.6) is 0 Å². The van der Waals surface area contributed by atoms with Gasteiger partial charge in [-0.2, -0.15) is 0 Å². The zero-order valence-corrected chi connectivity index (χ0v) is 32.1. The molecule has 4 aliphatic rings. The van der Waals surface area contributed by atoms with Crippen molar-refractivity contribution in [2.75, 3.05) is 9.80 Å². The molecule has 0 saturated carbocycles. The molecule has 0 heterocycles. The van der Waals surface area contributed by atoms with Crippen LogP contribution in [0.1, 0.15) is 0 Å². The first-order valence-electron chi connectivity index (χ1n) is 17.9. The molecule has 4 heteroatoms. The van der Waals surface area contributed by atoms with E-state index in [1.165, 1.54) is 66.8 Å².